The number of benzene rings is 1. The molecule has 1 saturated carbocycles. The highest BCUT2D eigenvalue weighted by atomic mass is 32.2. The van der Waals surface area contributed by atoms with Crippen LogP contribution in [0.2, 0.25) is 0 Å². The van der Waals surface area contributed by atoms with Crippen molar-refractivity contribution >= 4 is 34.4 Å². The van der Waals surface area contributed by atoms with Gasteiger partial charge in [-0.05, 0) is 81.6 Å². The summed E-state index contributed by atoms with van der Waals surface area (Å²) >= 11 is 1.67. The molecule has 1 fully saturated rings. The Kier molecular flexibility index (Phi) is 5.35. The molecule has 1 aliphatic carbocycles. The van der Waals surface area contributed by atoms with Crippen LogP contribution in [0.5, 0.6) is 0 Å². The van der Waals surface area contributed by atoms with Gasteiger partial charge in [-0.15, -0.1) is 0 Å². The van der Waals surface area contributed by atoms with Crippen molar-refractivity contribution in [1.29, 1.82) is 5.26 Å². The van der Waals surface area contributed by atoms with Crippen LogP contribution < -0.4 is 10.9 Å². The van der Waals surface area contributed by atoms with Gasteiger partial charge >= 0.3 is 0 Å². The zero-order valence-electron chi connectivity index (χ0n) is 16.8. The molecule has 0 saturated heterocycles. The van der Waals surface area contributed by atoms with E-state index >= 15 is 0 Å². The molecule has 0 radical (unpaired) electrons. The molecule has 0 aliphatic heterocycles. The third-order valence-electron chi connectivity index (χ3n) is 5.13. The van der Waals surface area contributed by atoms with Crippen molar-refractivity contribution in [2.45, 2.75) is 37.1 Å². The average Bonchev–Trinajstić information content (AvgIpc) is 3.44. The van der Waals surface area contributed by atoms with E-state index < -0.39 is 0 Å². The number of nitriles is 1. The lowest BCUT2D eigenvalue weighted by molar-refractivity contribution is 0.426. The lowest BCUT2D eigenvalue weighted by atomic mass is 10.1. The zero-order chi connectivity index (χ0) is 20.5. The maximum absolute atomic E-state index is 12.6. The second kappa shape index (κ2) is 7.93. The quantitative estimate of drug-likeness (QED) is 0.569. The molecule has 1 atom stereocenters. The van der Waals surface area contributed by atoms with Gasteiger partial charge in [0.2, 0.25) is 0 Å². The molecule has 3 aromatic rings. The minimum atomic E-state index is -0.181. The monoisotopic (exact) mass is 408 g/mol. The fourth-order valence-corrected chi connectivity index (χ4v) is 4.36. The molecule has 0 bridgehead atoms. The second-order valence-corrected chi connectivity index (χ2v) is 8.99. The van der Waals surface area contributed by atoms with Crippen LogP contribution in [0, 0.1) is 24.2 Å². The van der Waals surface area contributed by atoms with Crippen LogP contribution in [-0.2, 0) is 0 Å². The summed E-state index contributed by atoms with van der Waals surface area (Å²) < 4.78 is 3.92. The normalized spacial score (nSPS) is 14.9. The Labute approximate surface area is 173 Å². The zero-order valence-corrected chi connectivity index (χ0v) is 17.6. The van der Waals surface area contributed by atoms with E-state index in [9.17, 15) is 10.1 Å². The average molecular weight is 409 g/mol. The minimum Gasteiger partial charge on any atom is -0.338 e. The number of H-pyrrole nitrogens is 1. The summed E-state index contributed by atoms with van der Waals surface area (Å²) in [5, 5.41) is 17.9. The number of aryl methyl sites for hydroxylation is 1. The van der Waals surface area contributed by atoms with Crippen LogP contribution in [-0.4, -0.2) is 33.2 Å². The summed E-state index contributed by atoms with van der Waals surface area (Å²) in [5.41, 5.74) is 2.61. The van der Waals surface area contributed by atoms with Gasteiger partial charge in [-0.25, -0.2) is 0 Å². The number of pyridine rings is 1. The molecule has 150 valence electrons. The van der Waals surface area contributed by atoms with E-state index in [1.54, 1.807) is 18.1 Å². The first kappa shape index (κ1) is 19.6. The van der Waals surface area contributed by atoms with E-state index in [1.165, 1.54) is 4.90 Å². The molecule has 4 rings (SSSR count). The van der Waals surface area contributed by atoms with Gasteiger partial charge in [0.1, 0.15) is 5.39 Å². The van der Waals surface area contributed by atoms with Gasteiger partial charge in [0, 0.05) is 16.8 Å². The lowest BCUT2D eigenvalue weighted by Crippen LogP contribution is -2.13. The summed E-state index contributed by atoms with van der Waals surface area (Å²) in [4.78, 5) is 16.5. The van der Waals surface area contributed by atoms with Gasteiger partial charge in [-0.1, -0.05) is 0 Å². The summed E-state index contributed by atoms with van der Waals surface area (Å²) in [7, 11) is 4.03. The van der Waals surface area contributed by atoms with Crippen LogP contribution in [0.25, 0.3) is 10.9 Å². The highest BCUT2D eigenvalue weighted by Crippen LogP contribution is 2.43. The van der Waals surface area contributed by atoms with Crippen LogP contribution in [0.4, 0.5) is 11.5 Å². The van der Waals surface area contributed by atoms with E-state index in [0.29, 0.717) is 23.5 Å². The Morgan fingerprint density at radius 1 is 1.41 bits per heavy atom. The Balaban J connectivity index is 1.74. The maximum atomic E-state index is 12.6. The van der Waals surface area contributed by atoms with Crippen LogP contribution in [0.3, 0.4) is 0 Å². The minimum absolute atomic E-state index is 0.000420. The summed E-state index contributed by atoms with van der Waals surface area (Å²) in [6.45, 7) is 2.07. The fourth-order valence-electron chi connectivity index (χ4n) is 3.63. The Bertz CT molecular complexity index is 1140. The number of hydrogen-bond acceptors (Lipinski definition) is 6. The predicted octanol–water partition coefficient (Wildman–Crippen LogP) is 4.21. The molecule has 29 heavy (non-hydrogen) atoms. The third kappa shape index (κ3) is 4.02. The van der Waals surface area contributed by atoms with E-state index in [4.69, 9.17) is 5.10 Å². The Morgan fingerprint density at radius 3 is 2.86 bits per heavy atom. The number of aromatic amines is 1. The van der Waals surface area contributed by atoms with Crippen LogP contribution >= 0.6 is 11.9 Å². The van der Waals surface area contributed by atoms with Crippen molar-refractivity contribution in [2.75, 3.05) is 19.4 Å². The van der Waals surface area contributed by atoms with E-state index in [0.717, 1.165) is 29.6 Å². The molecule has 1 aliphatic rings. The second-order valence-electron chi connectivity index (χ2n) is 7.64. The first-order chi connectivity index (χ1) is 14.0. The molecule has 2 aromatic heterocycles. The molecule has 0 spiro atoms. The fraction of sp³-hybridized carbons (Fsp3) is 0.381. The summed E-state index contributed by atoms with van der Waals surface area (Å²) in [6, 6.07) is 10.3. The molecule has 1 unspecified atom stereocenters. The molecular weight excluding hydrogens is 384 g/mol. The van der Waals surface area contributed by atoms with E-state index in [2.05, 4.69) is 39.7 Å². The summed E-state index contributed by atoms with van der Waals surface area (Å²) in [5.74, 6) is 0.979. The standard InChI is InChI=1S/C21H24N6OS/c1-13-12-15(6-7-18(13)29-26(2)3)24-20-19-17(9-11-23-21(19)28)27(25-20)16(8-10-22)14-4-5-14/h6-7,9,11-12,14,16H,4-5,8H2,1-3H3,(H,23,28)(H,24,25). The van der Waals surface area contributed by atoms with Gasteiger partial charge in [0.05, 0.1) is 24.0 Å². The van der Waals surface area contributed by atoms with Crippen LogP contribution in [0.15, 0.2) is 40.2 Å². The Morgan fingerprint density at radius 2 is 2.21 bits per heavy atom. The topological polar surface area (TPSA) is 89.7 Å². The highest BCUT2D eigenvalue weighted by Gasteiger charge is 2.34. The van der Waals surface area contributed by atoms with Crippen molar-refractivity contribution in [3.63, 3.8) is 0 Å². The first-order valence-corrected chi connectivity index (χ1v) is 10.4. The third-order valence-corrected chi connectivity index (χ3v) is 6.15. The molecule has 2 heterocycles. The van der Waals surface area contributed by atoms with E-state index in [1.807, 2.05) is 30.9 Å². The number of fused-ring (bicyclic) bond motifs is 1. The van der Waals surface area contributed by atoms with Gasteiger partial charge in [0.25, 0.3) is 5.56 Å². The van der Waals surface area contributed by atoms with Gasteiger partial charge in [-0.2, -0.15) is 10.4 Å². The number of rotatable bonds is 7. The summed E-state index contributed by atoms with van der Waals surface area (Å²) in [6.07, 6.45) is 4.23. The molecule has 1 aromatic carbocycles. The van der Waals surface area contributed by atoms with E-state index in [-0.39, 0.29) is 11.6 Å². The number of nitrogens with zero attached hydrogens (tertiary/aromatic N) is 4. The van der Waals surface area contributed by atoms with Crippen molar-refractivity contribution in [2.24, 2.45) is 5.92 Å². The molecule has 7 nitrogen and oxygen atoms in total. The smallest absolute Gasteiger partial charge is 0.261 e. The number of nitrogens with one attached hydrogen (secondary N) is 2. The number of anilines is 2. The van der Waals surface area contributed by atoms with Crippen molar-refractivity contribution in [3.05, 3.63) is 46.4 Å². The van der Waals surface area contributed by atoms with Crippen LogP contribution in [0.1, 0.15) is 30.9 Å². The SMILES string of the molecule is Cc1cc(Nc2nn(C(CC#N)C3CC3)c3cc[nH]c(=O)c23)ccc1SN(C)C. The first-order valence-electron chi connectivity index (χ1n) is 9.67. The van der Waals surface area contributed by atoms with Crippen molar-refractivity contribution < 1.29 is 0 Å². The lowest BCUT2D eigenvalue weighted by Gasteiger charge is -2.14. The molecule has 2 N–H and O–H groups in total. The van der Waals surface area contributed by atoms with Gasteiger partial charge < -0.3 is 10.3 Å². The predicted molar refractivity (Wildman–Crippen MR) is 116 cm³/mol. The van der Waals surface area contributed by atoms with Crippen molar-refractivity contribution in [3.8, 4) is 6.07 Å². The molecule has 8 heteroatoms. The largest absolute Gasteiger partial charge is 0.338 e. The number of hydrogen-bond donors (Lipinski definition) is 2. The van der Waals surface area contributed by atoms with Gasteiger partial charge in [0.15, 0.2) is 5.82 Å². The Hall–Kier alpha value is -2.76. The molecule has 0 amide bonds. The van der Waals surface area contributed by atoms with Gasteiger partial charge in [-0.3, -0.25) is 13.8 Å². The highest BCUT2D eigenvalue weighted by molar-refractivity contribution is 7.97. The number of aromatic nitrogens is 3. The maximum Gasteiger partial charge on any atom is 0.261 e. The van der Waals surface area contributed by atoms with Crippen molar-refractivity contribution in [1.82, 2.24) is 19.1 Å². The molecular formula is C21H24N6OS.